The van der Waals surface area contributed by atoms with Gasteiger partial charge in [0.2, 0.25) is 5.91 Å². The van der Waals surface area contributed by atoms with Crippen LogP contribution < -0.4 is 10.6 Å². The van der Waals surface area contributed by atoms with Gasteiger partial charge in [-0.15, -0.1) is 0 Å². The number of amides is 1. The zero-order chi connectivity index (χ0) is 12.0. The Morgan fingerprint density at radius 1 is 1.25 bits per heavy atom. The second kappa shape index (κ2) is 6.28. The van der Waals surface area contributed by atoms with Gasteiger partial charge in [0.1, 0.15) is 0 Å². The molecule has 0 heterocycles. The molecule has 0 aromatic heterocycles. The van der Waals surface area contributed by atoms with Gasteiger partial charge in [-0.3, -0.25) is 4.79 Å². The molecule has 0 unspecified atom stereocenters. The minimum atomic E-state index is 0.0778. The molecule has 1 aromatic carbocycles. The average Bonchev–Trinajstić information content (AvgIpc) is 2.27. The highest BCUT2D eigenvalue weighted by atomic mass is 16.1. The highest BCUT2D eigenvalue weighted by molar-refractivity contribution is 5.75. The molecule has 1 amide bonds. The molecule has 0 saturated heterocycles. The van der Waals surface area contributed by atoms with Gasteiger partial charge in [-0.1, -0.05) is 18.2 Å². The van der Waals surface area contributed by atoms with Crippen LogP contribution in [0.2, 0.25) is 0 Å². The van der Waals surface area contributed by atoms with E-state index in [2.05, 4.69) is 42.7 Å². The van der Waals surface area contributed by atoms with Crippen LogP contribution in [0.5, 0.6) is 0 Å². The lowest BCUT2D eigenvalue weighted by molar-refractivity contribution is -0.120. The fourth-order valence-corrected chi connectivity index (χ4v) is 1.67. The largest absolute Gasteiger partial charge is 0.359 e. The quantitative estimate of drug-likeness (QED) is 0.739. The molecule has 0 atom stereocenters. The van der Waals surface area contributed by atoms with Gasteiger partial charge in [-0.25, -0.2) is 0 Å². The molecule has 0 saturated carbocycles. The molecule has 0 spiro atoms. The summed E-state index contributed by atoms with van der Waals surface area (Å²) in [7, 11) is 1.66. The van der Waals surface area contributed by atoms with Crippen LogP contribution in [0.3, 0.4) is 0 Å². The van der Waals surface area contributed by atoms with Crippen LogP contribution in [0, 0.1) is 13.8 Å². The van der Waals surface area contributed by atoms with Gasteiger partial charge in [-0.05, 0) is 30.5 Å². The van der Waals surface area contributed by atoms with Crippen LogP contribution in [0.4, 0.5) is 0 Å². The summed E-state index contributed by atoms with van der Waals surface area (Å²) in [6.07, 6.45) is 0.529. The Kier molecular flexibility index (Phi) is 4.99. The van der Waals surface area contributed by atoms with Crippen molar-refractivity contribution in [1.29, 1.82) is 0 Å². The first kappa shape index (κ1) is 12.7. The van der Waals surface area contributed by atoms with Crippen molar-refractivity contribution >= 4 is 5.91 Å². The Hall–Kier alpha value is -1.35. The van der Waals surface area contributed by atoms with E-state index in [9.17, 15) is 4.79 Å². The third kappa shape index (κ3) is 3.66. The standard InChI is InChI=1S/C13H20N2O/c1-10-5-4-6-11(2)12(10)9-15-8-7-13(16)14-3/h4-6,15H,7-9H2,1-3H3,(H,14,16). The number of carbonyl (C=O) groups excluding carboxylic acids is 1. The van der Waals surface area contributed by atoms with Crippen molar-refractivity contribution in [3.63, 3.8) is 0 Å². The zero-order valence-corrected chi connectivity index (χ0v) is 10.3. The van der Waals surface area contributed by atoms with Crippen LogP contribution in [0.25, 0.3) is 0 Å². The second-order valence-corrected chi connectivity index (χ2v) is 3.97. The van der Waals surface area contributed by atoms with E-state index in [4.69, 9.17) is 0 Å². The summed E-state index contributed by atoms with van der Waals surface area (Å²) in [5.41, 5.74) is 3.93. The number of nitrogens with one attached hydrogen (secondary N) is 2. The van der Waals surface area contributed by atoms with Crippen molar-refractivity contribution in [2.24, 2.45) is 0 Å². The lowest BCUT2D eigenvalue weighted by Crippen LogP contribution is -2.24. The van der Waals surface area contributed by atoms with Gasteiger partial charge in [0.15, 0.2) is 0 Å². The van der Waals surface area contributed by atoms with E-state index in [0.29, 0.717) is 13.0 Å². The van der Waals surface area contributed by atoms with E-state index < -0.39 is 0 Å². The lowest BCUT2D eigenvalue weighted by Gasteiger charge is -2.10. The molecule has 0 fully saturated rings. The number of aryl methyl sites for hydroxylation is 2. The molecule has 2 N–H and O–H groups in total. The van der Waals surface area contributed by atoms with Gasteiger partial charge >= 0.3 is 0 Å². The molecular weight excluding hydrogens is 200 g/mol. The first-order chi connectivity index (χ1) is 7.65. The van der Waals surface area contributed by atoms with Crippen LogP contribution in [0.1, 0.15) is 23.1 Å². The predicted octanol–water partition coefficient (Wildman–Crippen LogP) is 1.53. The minimum Gasteiger partial charge on any atom is -0.359 e. The number of hydrogen-bond acceptors (Lipinski definition) is 2. The van der Waals surface area contributed by atoms with Crippen molar-refractivity contribution in [2.75, 3.05) is 13.6 Å². The Balaban J connectivity index is 2.40. The molecule has 0 aliphatic carbocycles. The van der Waals surface area contributed by atoms with Crippen molar-refractivity contribution in [3.8, 4) is 0 Å². The number of hydrogen-bond donors (Lipinski definition) is 2. The summed E-state index contributed by atoms with van der Waals surface area (Å²) in [5.74, 6) is 0.0778. The second-order valence-electron chi connectivity index (χ2n) is 3.97. The summed E-state index contributed by atoms with van der Waals surface area (Å²) in [5, 5.41) is 5.90. The molecule has 3 heteroatoms. The van der Waals surface area contributed by atoms with Crippen LogP contribution in [0.15, 0.2) is 18.2 Å². The highest BCUT2D eigenvalue weighted by Crippen LogP contribution is 2.12. The minimum absolute atomic E-state index is 0.0778. The third-order valence-electron chi connectivity index (χ3n) is 2.75. The van der Waals surface area contributed by atoms with E-state index in [1.54, 1.807) is 7.05 Å². The maximum atomic E-state index is 11.0. The predicted molar refractivity (Wildman–Crippen MR) is 66.3 cm³/mol. The number of benzene rings is 1. The Bertz CT molecular complexity index is 341. The van der Waals surface area contributed by atoms with E-state index >= 15 is 0 Å². The first-order valence-electron chi connectivity index (χ1n) is 5.61. The number of rotatable bonds is 5. The van der Waals surface area contributed by atoms with E-state index in [1.165, 1.54) is 16.7 Å². The van der Waals surface area contributed by atoms with Crippen LogP contribution >= 0.6 is 0 Å². The molecule has 1 rings (SSSR count). The van der Waals surface area contributed by atoms with Crippen LogP contribution in [-0.4, -0.2) is 19.5 Å². The Labute approximate surface area is 97.2 Å². The average molecular weight is 220 g/mol. The summed E-state index contributed by atoms with van der Waals surface area (Å²) in [6.45, 7) is 5.77. The molecule has 0 bridgehead atoms. The fraction of sp³-hybridized carbons (Fsp3) is 0.462. The van der Waals surface area contributed by atoms with Crippen molar-refractivity contribution in [3.05, 3.63) is 34.9 Å². The van der Waals surface area contributed by atoms with Gasteiger partial charge < -0.3 is 10.6 Å². The molecule has 0 aliphatic rings. The molecular formula is C13H20N2O. The van der Waals surface area contributed by atoms with E-state index in [0.717, 1.165) is 6.54 Å². The maximum Gasteiger partial charge on any atom is 0.221 e. The van der Waals surface area contributed by atoms with Crippen molar-refractivity contribution < 1.29 is 4.79 Å². The fourth-order valence-electron chi connectivity index (χ4n) is 1.67. The molecule has 0 aliphatic heterocycles. The van der Waals surface area contributed by atoms with Gasteiger partial charge in [0.25, 0.3) is 0 Å². The topological polar surface area (TPSA) is 41.1 Å². The van der Waals surface area contributed by atoms with Gasteiger partial charge in [0.05, 0.1) is 0 Å². The van der Waals surface area contributed by atoms with Crippen LogP contribution in [-0.2, 0) is 11.3 Å². The zero-order valence-electron chi connectivity index (χ0n) is 10.3. The summed E-state index contributed by atoms with van der Waals surface area (Å²) in [4.78, 5) is 11.0. The maximum absolute atomic E-state index is 11.0. The smallest absolute Gasteiger partial charge is 0.221 e. The molecule has 16 heavy (non-hydrogen) atoms. The van der Waals surface area contributed by atoms with Gasteiger partial charge in [-0.2, -0.15) is 0 Å². The van der Waals surface area contributed by atoms with E-state index in [-0.39, 0.29) is 5.91 Å². The molecule has 88 valence electrons. The van der Waals surface area contributed by atoms with Gasteiger partial charge in [0, 0.05) is 26.6 Å². The summed E-state index contributed by atoms with van der Waals surface area (Å²) >= 11 is 0. The normalized spacial score (nSPS) is 10.2. The molecule has 0 radical (unpaired) electrons. The third-order valence-corrected chi connectivity index (χ3v) is 2.75. The Morgan fingerprint density at radius 2 is 1.88 bits per heavy atom. The molecule has 3 nitrogen and oxygen atoms in total. The number of carbonyl (C=O) groups is 1. The van der Waals surface area contributed by atoms with Crippen molar-refractivity contribution in [2.45, 2.75) is 26.8 Å². The lowest BCUT2D eigenvalue weighted by atomic mass is 10.0. The SMILES string of the molecule is CNC(=O)CCNCc1c(C)cccc1C. The highest BCUT2D eigenvalue weighted by Gasteiger charge is 2.02. The van der Waals surface area contributed by atoms with E-state index in [1.807, 2.05) is 0 Å². The molecule has 1 aromatic rings. The first-order valence-corrected chi connectivity index (χ1v) is 5.61. The summed E-state index contributed by atoms with van der Waals surface area (Å²) in [6, 6.07) is 6.30. The summed E-state index contributed by atoms with van der Waals surface area (Å²) < 4.78 is 0. The monoisotopic (exact) mass is 220 g/mol. The Morgan fingerprint density at radius 3 is 2.44 bits per heavy atom. The van der Waals surface area contributed by atoms with Crippen molar-refractivity contribution in [1.82, 2.24) is 10.6 Å².